The largest absolute Gasteiger partial charge is 0.480 e. The second kappa shape index (κ2) is 6.35. The van der Waals surface area contributed by atoms with E-state index in [4.69, 9.17) is 4.74 Å². The van der Waals surface area contributed by atoms with Crippen LogP contribution in [0, 0.1) is 11.6 Å². The number of para-hydroxylation sites is 1. The molecule has 2 aromatic carbocycles. The van der Waals surface area contributed by atoms with Gasteiger partial charge in [0.25, 0.3) is 5.91 Å². The Hall–Kier alpha value is -2.63. The molecule has 1 fully saturated rings. The molecular formula is C19H18F2N2O2. The number of nitrogens with one attached hydrogen (secondary N) is 1. The van der Waals surface area contributed by atoms with Gasteiger partial charge in [0, 0.05) is 25.2 Å². The third-order valence-corrected chi connectivity index (χ3v) is 4.65. The lowest BCUT2D eigenvalue weighted by molar-refractivity contribution is -0.122. The minimum atomic E-state index is -0.693. The Morgan fingerprint density at radius 3 is 2.48 bits per heavy atom. The van der Waals surface area contributed by atoms with Gasteiger partial charge in [0.15, 0.2) is 17.7 Å². The SMILES string of the molecule is O=C(Nc1cc(F)c(N2CCCC2)c(F)c1)[C@@H]1Cc2ccccc2O1. The second-order valence-electron chi connectivity index (χ2n) is 6.39. The van der Waals surface area contributed by atoms with Crippen molar-refractivity contribution in [2.75, 3.05) is 23.3 Å². The summed E-state index contributed by atoms with van der Waals surface area (Å²) in [5.74, 6) is -1.06. The third kappa shape index (κ3) is 3.04. The van der Waals surface area contributed by atoms with E-state index in [-0.39, 0.29) is 11.4 Å². The van der Waals surface area contributed by atoms with Gasteiger partial charge in [-0.3, -0.25) is 4.79 Å². The van der Waals surface area contributed by atoms with Crippen molar-refractivity contribution in [1.29, 1.82) is 0 Å². The topological polar surface area (TPSA) is 41.6 Å². The number of hydrogen-bond donors (Lipinski definition) is 1. The van der Waals surface area contributed by atoms with Crippen LogP contribution in [0.1, 0.15) is 18.4 Å². The molecule has 130 valence electrons. The molecule has 1 amide bonds. The van der Waals surface area contributed by atoms with Crippen LogP contribution in [-0.2, 0) is 11.2 Å². The first-order valence-corrected chi connectivity index (χ1v) is 8.41. The number of carbonyl (C=O) groups is 1. The van der Waals surface area contributed by atoms with Gasteiger partial charge >= 0.3 is 0 Å². The Bertz CT molecular complexity index is 771. The zero-order chi connectivity index (χ0) is 17.4. The summed E-state index contributed by atoms with van der Waals surface area (Å²) in [6.07, 6.45) is 1.61. The van der Waals surface area contributed by atoms with Crippen molar-refractivity contribution in [1.82, 2.24) is 0 Å². The fourth-order valence-corrected chi connectivity index (χ4v) is 3.43. The van der Waals surface area contributed by atoms with Crippen LogP contribution in [0.5, 0.6) is 5.75 Å². The third-order valence-electron chi connectivity index (χ3n) is 4.65. The predicted molar refractivity (Wildman–Crippen MR) is 91.0 cm³/mol. The fourth-order valence-electron chi connectivity index (χ4n) is 3.43. The van der Waals surface area contributed by atoms with E-state index < -0.39 is 23.6 Å². The van der Waals surface area contributed by atoms with Crippen LogP contribution in [0.15, 0.2) is 36.4 Å². The lowest BCUT2D eigenvalue weighted by Crippen LogP contribution is -2.31. The van der Waals surface area contributed by atoms with Crippen LogP contribution in [0.25, 0.3) is 0 Å². The summed E-state index contributed by atoms with van der Waals surface area (Å²) in [5, 5.41) is 2.56. The normalized spacial score (nSPS) is 18.8. The van der Waals surface area contributed by atoms with E-state index in [9.17, 15) is 13.6 Å². The summed E-state index contributed by atoms with van der Waals surface area (Å²) in [6, 6.07) is 9.73. The zero-order valence-corrected chi connectivity index (χ0v) is 13.6. The standard InChI is InChI=1S/C19H18F2N2O2/c20-14-10-13(11-15(21)18(14)23-7-3-4-8-23)22-19(24)17-9-12-5-1-2-6-16(12)25-17/h1-2,5-6,10-11,17H,3-4,7-9H2,(H,22,24)/t17-/m0/s1. The van der Waals surface area contributed by atoms with Gasteiger partial charge in [-0.1, -0.05) is 18.2 Å². The Kier molecular flexibility index (Phi) is 4.03. The number of benzene rings is 2. The van der Waals surface area contributed by atoms with Crippen molar-refractivity contribution in [2.45, 2.75) is 25.4 Å². The molecule has 2 heterocycles. The first kappa shape index (κ1) is 15.9. The number of nitrogens with zero attached hydrogens (tertiary/aromatic N) is 1. The van der Waals surface area contributed by atoms with Gasteiger partial charge in [-0.15, -0.1) is 0 Å². The minimum absolute atomic E-state index is 0.0139. The molecule has 4 rings (SSSR count). The number of rotatable bonds is 3. The molecule has 0 unspecified atom stereocenters. The zero-order valence-electron chi connectivity index (χ0n) is 13.6. The first-order chi connectivity index (χ1) is 12.1. The molecule has 0 radical (unpaired) electrons. The molecule has 1 N–H and O–H groups in total. The lowest BCUT2D eigenvalue weighted by Gasteiger charge is -2.20. The summed E-state index contributed by atoms with van der Waals surface area (Å²) in [6.45, 7) is 1.29. The van der Waals surface area contributed by atoms with Gasteiger partial charge in [-0.05, 0) is 36.6 Å². The molecule has 2 aliphatic heterocycles. The molecule has 6 heteroatoms. The molecule has 1 saturated heterocycles. The number of hydrogen-bond acceptors (Lipinski definition) is 3. The van der Waals surface area contributed by atoms with Crippen molar-refractivity contribution >= 4 is 17.3 Å². The molecular weight excluding hydrogens is 326 g/mol. The summed E-state index contributed by atoms with van der Waals surface area (Å²) >= 11 is 0. The number of halogens is 2. The lowest BCUT2D eigenvalue weighted by atomic mass is 10.1. The van der Waals surface area contributed by atoms with Crippen LogP contribution < -0.4 is 15.0 Å². The predicted octanol–water partition coefficient (Wildman–Crippen LogP) is 3.51. The monoisotopic (exact) mass is 344 g/mol. The van der Waals surface area contributed by atoms with E-state index in [2.05, 4.69) is 5.32 Å². The van der Waals surface area contributed by atoms with Crippen molar-refractivity contribution in [3.63, 3.8) is 0 Å². The second-order valence-corrected chi connectivity index (χ2v) is 6.39. The number of anilines is 2. The van der Waals surface area contributed by atoms with Gasteiger partial charge in [0.05, 0.1) is 0 Å². The van der Waals surface area contributed by atoms with Crippen LogP contribution >= 0.6 is 0 Å². The molecule has 2 aliphatic rings. The molecule has 0 saturated carbocycles. The van der Waals surface area contributed by atoms with E-state index in [0.717, 1.165) is 30.5 Å². The van der Waals surface area contributed by atoms with Crippen LogP contribution in [-0.4, -0.2) is 25.1 Å². The van der Waals surface area contributed by atoms with Gasteiger partial charge in [0.1, 0.15) is 11.4 Å². The number of ether oxygens (including phenoxy) is 1. The Labute approximate surface area is 144 Å². The number of amides is 1. The van der Waals surface area contributed by atoms with Crippen molar-refractivity contribution in [3.05, 3.63) is 53.6 Å². The molecule has 0 spiro atoms. The Morgan fingerprint density at radius 2 is 1.80 bits per heavy atom. The highest BCUT2D eigenvalue weighted by Crippen LogP contribution is 2.31. The van der Waals surface area contributed by atoms with E-state index in [1.165, 1.54) is 0 Å². The summed E-state index contributed by atoms with van der Waals surface area (Å²) in [4.78, 5) is 14.1. The summed E-state index contributed by atoms with van der Waals surface area (Å²) in [5.41, 5.74) is 1.03. The van der Waals surface area contributed by atoms with E-state index in [1.54, 1.807) is 11.0 Å². The van der Waals surface area contributed by atoms with E-state index >= 15 is 0 Å². The first-order valence-electron chi connectivity index (χ1n) is 8.41. The van der Waals surface area contributed by atoms with Crippen LogP contribution in [0.3, 0.4) is 0 Å². The number of carbonyl (C=O) groups excluding carboxylic acids is 1. The summed E-state index contributed by atoms with van der Waals surface area (Å²) < 4.78 is 34.3. The van der Waals surface area contributed by atoms with Gasteiger partial charge in [0.2, 0.25) is 0 Å². The quantitative estimate of drug-likeness (QED) is 0.926. The maximum atomic E-state index is 14.3. The molecule has 1 atom stereocenters. The highest BCUT2D eigenvalue weighted by Gasteiger charge is 2.29. The highest BCUT2D eigenvalue weighted by atomic mass is 19.1. The maximum absolute atomic E-state index is 14.3. The molecule has 2 aromatic rings. The maximum Gasteiger partial charge on any atom is 0.265 e. The van der Waals surface area contributed by atoms with Crippen LogP contribution in [0.4, 0.5) is 20.2 Å². The molecule has 0 bridgehead atoms. The average Bonchev–Trinajstić information content (AvgIpc) is 3.23. The molecule has 0 aliphatic carbocycles. The Balaban J connectivity index is 1.49. The average molecular weight is 344 g/mol. The fraction of sp³-hybridized carbons (Fsp3) is 0.316. The van der Waals surface area contributed by atoms with Gasteiger partial charge < -0.3 is 15.0 Å². The molecule has 0 aromatic heterocycles. The Morgan fingerprint density at radius 1 is 1.12 bits per heavy atom. The van der Waals surface area contributed by atoms with Gasteiger partial charge in [-0.25, -0.2) is 8.78 Å². The van der Waals surface area contributed by atoms with Crippen LogP contribution in [0.2, 0.25) is 0 Å². The molecule has 25 heavy (non-hydrogen) atoms. The highest BCUT2D eigenvalue weighted by molar-refractivity contribution is 5.95. The smallest absolute Gasteiger partial charge is 0.265 e. The van der Waals surface area contributed by atoms with Crippen molar-refractivity contribution in [2.24, 2.45) is 0 Å². The van der Waals surface area contributed by atoms with Crippen molar-refractivity contribution < 1.29 is 18.3 Å². The number of fused-ring (bicyclic) bond motifs is 1. The molecule has 4 nitrogen and oxygen atoms in total. The van der Waals surface area contributed by atoms with E-state index in [0.29, 0.717) is 25.3 Å². The minimum Gasteiger partial charge on any atom is -0.480 e. The summed E-state index contributed by atoms with van der Waals surface area (Å²) in [7, 11) is 0. The van der Waals surface area contributed by atoms with E-state index in [1.807, 2.05) is 18.2 Å². The van der Waals surface area contributed by atoms with Crippen molar-refractivity contribution in [3.8, 4) is 5.75 Å². The van der Waals surface area contributed by atoms with Gasteiger partial charge in [-0.2, -0.15) is 0 Å².